The van der Waals surface area contributed by atoms with E-state index in [0.717, 1.165) is 66.2 Å². The summed E-state index contributed by atoms with van der Waals surface area (Å²) in [5.74, 6) is -0.403. The number of hydrogen-bond donors (Lipinski definition) is 2. The van der Waals surface area contributed by atoms with Gasteiger partial charge in [-0.2, -0.15) is 0 Å². The van der Waals surface area contributed by atoms with E-state index in [0.29, 0.717) is 10.9 Å². The van der Waals surface area contributed by atoms with E-state index in [4.69, 9.17) is 16.6 Å². The number of carbonyl (C=O) groups is 1. The largest absolute Gasteiger partial charge is 0.481 e. The van der Waals surface area contributed by atoms with Crippen molar-refractivity contribution in [2.45, 2.75) is 63.9 Å². The Morgan fingerprint density at radius 1 is 1.00 bits per heavy atom. The zero-order valence-corrected chi connectivity index (χ0v) is 23.6. The highest BCUT2D eigenvalue weighted by Gasteiger charge is 2.44. The number of benzene rings is 3. The maximum absolute atomic E-state index is 11.5. The average molecular weight is 554 g/mol. The zero-order valence-electron chi connectivity index (χ0n) is 22.9. The van der Waals surface area contributed by atoms with E-state index in [2.05, 4.69) is 42.5 Å². The number of halogens is 1. The minimum absolute atomic E-state index is 0.0379. The first-order chi connectivity index (χ1) is 19.3. The molecule has 0 spiro atoms. The number of aliphatic carboxylic acids is 1. The molecule has 0 saturated heterocycles. The fourth-order valence-corrected chi connectivity index (χ4v) is 5.93. The predicted octanol–water partition coefficient (Wildman–Crippen LogP) is 8.86. The van der Waals surface area contributed by atoms with E-state index in [1.165, 1.54) is 11.1 Å². The normalized spacial score (nSPS) is 15.8. The number of aromatic nitrogens is 1. The molecule has 40 heavy (non-hydrogen) atoms. The Balaban J connectivity index is 1.36. The Labute approximate surface area is 241 Å². The van der Waals surface area contributed by atoms with Gasteiger partial charge in [0.2, 0.25) is 0 Å². The number of carboxylic acids is 1. The van der Waals surface area contributed by atoms with E-state index in [9.17, 15) is 15.0 Å². The number of carboxylic acid groups (broad SMARTS) is 1. The van der Waals surface area contributed by atoms with Crippen molar-refractivity contribution in [1.82, 2.24) is 4.98 Å². The number of aliphatic hydroxyl groups is 1. The first-order valence-electron chi connectivity index (χ1n) is 14.1. The van der Waals surface area contributed by atoms with Gasteiger partial charge in [0, 0.05) is 10.4 Å². The second-order valence-corrected chi connectivity index (χ2v) is 11.7. The Morgan fingerprint density at radius 2 is 1.80 bits per heavy atom. The van der Waals surface area contributed by atoms with Crippen LogP contribution in [0.25, 0.3) is 23.1 Å². The van der Waals surface area contributed by atoms with E-state index in [1.807, 2.05) is 55.5 Å². The minimum Gasteiger partial charge on any atom is -0.481 e. The Hall–Kier alpha value is -3.47. The third kappa shape index (κ3) is 7.18. The van der Waals surface area contributed by atoms with Crippen LogP contribution in [0.4, 0.5) is 0 Å². The van der Waals surface area contributed by atoms with Gasteiger partial charge in [0.15, 0.2) is 0 Å². The SMILES string of the molecule is CC(O)c1ccccc1CC[C@@H](CCC1(CC(=O)O)CC1)c1cccc(/C=C/c2ccc3ccc(Cl)cc3n2)c1. The lowest BCUT2D eigenvalue weighted by Gasteiger charge is -2.22. The molecule has 3 aromatic carbocycles. The summed E-state index contributed by atoms with van der Waals surface area (Å²) in [7, 11) is 0. The van der Waals surface area contributed by atoms with Crippen LogP contribution in [-0.2, 0) is 11.2 Å². The molecule has 1 saturated carbocycles. The average Bonchev–Trinajstić information content (AvgIpc) is 3.70. The molecule has 5 heteroatoms. The molecule has 0 bridgehead atoms. The molecule has 0 amide bonds. The lowest BCUT2D eigenvalue weighted by atomic mass is 9.83. The number of fused-ring (bicyclic) bond motifs is 1. The van der Waals surface area contributed by atoms with Gasteiger partial charge < -0.3 is 10.2 Å². The monoisotopic (exact) mass is 553 g/mol. The van der Waals surface area contributed by atoms with Gasteiger partial charge in [-0.1, -0.05) is 78.3 Å². The topological polar surface area (TPSA) is 70.4 Å². The molecular formula is C35H36ClNO3. The fraction of sp³-hybridized carbons (Fsp3) is 0.314. The molecule has 5 rings (SSSR count). The van der Waals surface area contributed by atoms with E-state index >= 15 is 0 Å². The highest BCUT2D eigenvalue weighted by molar-refractivity contribution is 6.31. The second kappa shape index (κ2) is 12.4. The summed E-state index contributed by atoms with van der Waals surface area (Å²) in [6.45, 7) is 1.81. The maximum Gasteiger partial charge on any atom is 0.303 e. The zero-order chi connectivity index (χ0) is 28.1. The van der Waals surface area contributed by atoms with Crippen LogP contribution in [-0.4, -0.2) is 21.2 Å². The number of rotatable bonds is 12. The van der Waals surface area contributed by atoms with Crippen molar-refractivity contribution < 1.29 is 15.0 Å². The number of nitrogens with zero attached hydrogens (tertiary/aromatic N) is 1. The molecule has 1 unspecified atom stereocenters. The second-order valence-electron chi connectivity index (χ2n) is 11.3. The number of aryl methyl sites for hydroxylation is 1. The summed E-state index contributed by atoms with van der Waals surface area (Å²) in [5.41, 5.74) is 6.23. The van der Waals surface area contributed by atoms with Crippen LogP contribution < -0.4 is 0 Å². The van der Waals surface area contributed by atoms with Crippen molar-refractivity contribution in [3.63, 3.8) is 0 Å². The maximum atomic E-state index is 11.5. The van der Waals surface area contributed by atoms with Crippen LogP contribution in [0.15, 0.2) is 78.9 Å². The fourth-order valence-electron chi connectivity index (χ4n) is 5.77. The quantitative estimate of drug-likeness (QED) is 0.184. The van der Waals surface area contributed by atoms with Crippen molar-refractivity contribution in [3.05, 3.63) is 112 Å². The van der Waals surface area contributed by atoms with Gasteiger partial charge in [-0.05, 0) is 103 Å². The van der Waals surface area contributed by atoms with Gasteiger partial charge in [0.1, 0.15) is 0 Å². The number of aliphatic hydroxyl groups excluding tert-OH is 1. The van der Waals surface area contributed by atoms with Gasteiger partial charge in [-0.3, -0.25) is 4.79 Å². The molecular weight excluding hydrogens is 518 g/mol. The molecule has 1 heterocycles. The van der Waals surface area contributed by atoms with Crippen LogP contribution >= 0.6 is 11.6 Å². The van der Waals surface area contributed by atoms with Gasteiger partial charge in [0.25, 0.3) is 0 Å². The molecule has 4 nitrogen and oxygen atoms in total. The van der Waals surface area contributed by atoms with Crippen molar-refractivity contribution in [3.8, 4) is 0 Å². The lowest BCUT2D eigenvalue weighted by molar-refractivity contribution is -0.138. The molecule has 1 aliphatic carbocycles. The van der Waals surface area contributed by atoms with Crippen molar-refractivity contribution in [1.29, 1.82) is 0 Å². The predicted molar refractivity (Wildman–Crippen MR) is 163 cm³/mol. The first-order valence-corrected chi connectivity index (χ1v) is 14.5. The highest BCUT2D eigenvalue weighted by Crippen LogP contribution is 2.53. The standard InChI is InChI=1S/C35H36ClNO3/c1-24(38)32-8-3-2-6-27(32)11-10-26(17-18-35(19-20-35)23-34(39)40)29-7-4-5-25(21-29)9-15-31-16-13-28-12-14-30(36)22-33(28)37-31/h2-9,12-16,21-22,24,26,38H,10-11,17-20,23H2,1H3,(H,39,40)/b15-9+/t24?,26-/m0/s1. The van der Waals surface area contributed by atoms with Crippen LogP contribution in [0.1, 0.15) is 85.4 Å². The minimum atomic E-state index is -0.698. The van der Waals surface area contributed by atoms with Crippen LogP contribution in [0.3, 0.4) is 0 Å². The molecule has 2 N–H and O–H groups in total. The number of hydrogen-bond acceptors (Lipinski definition) is 3. The molecule has 206 valence electrons. The molecule has 2 atom stereocenters. The Kier molecular flexibility index (Phi) is 8.68. The van der Waals surface area contributed by atoms with Crippen molar-refractivity contribution in [2.75, 3.05) is 0 Å². The van der Waals surface area contributed by atoms with E-state index in [1.54, 1.807) is 0 Å². The molecule has 1 aliphatic rings. The summed E-state index contributed by atoms with van der Waals surface area (Å²) in [6.07, 6.45) is 9.55. The summed E-state index contributed by atoms with van der Waals surface area (Å²) in [6, 6.07) is 26.5. The summed E-state index contributed by atoms with van der Waals surface area (Å²) in [4.78, 5) is 16.2. The highest BCUT2D eigenvalue weighted by atomic mass is 35.5. The summed E-state index contributed by atoms with van der Waals surface area (Å²) in [5, 5.41) is 21.4. The van der Waals surface area contributed by atoms with Gasteiger partial charge in [-0.15, -0.1) is 0 Å². The third-order valence-corrected chi connectivity index (χ3v) is 8.51. The Bertz CT molecular complexity index is 1520. The van der Waals surface area contributed by atoms with Crippen LogP contribution in [0.5, 0.6) is 0 Å². The molecule has 0 radical (unpaired) electrons. The van der Waals surface area contributed by atoms with Gasteiger partial charge in [-0.25, -0.2) is 4.98 Å². The molecule has 1 fully saturated rings. The van der Waals surface area contributed by atoms with Gasteiger partial charge >= 0.3 is 5.97 Å². The molecule has 0 aliphatic heterocycles. The lowest BCUT2D eigenvalue weighted by Crippen LogP contribution is -2.11. The molecule has 4 aromatic rings. The Morgan fingerprint density at radius 3 is 2.58 bits per heavy atom. The number of pyridine rings is 1. The van der Waals surface area contributed by atoms with Crippen molar-refractivity contribution >= 4 is 40.6 Å². The molecule has 1 aromatic heterocycles. The van der Waals surface area contributed by atoms with E-state index in [-0.39, 0.29) is 11.8 Å². The summed E-state index contributed by atoms with van der Waals surface area (Å²) < 4.78 is 0. The van der Waals surface area contributed by atoms with Crippen LogP contribution in [0.2, 0.25) is 5.02 Å². The van der Waals surface area contributed by atoms with Crippen LogP contribution in [0, 0.1) is 5.41 Å². The van der Waals surface area contributed by atoms with Crippen molar-refractivity contribution in [2.24, 2.45) is 5.41 Å². The third-order valence-electron chi connectivity index (χ3n) is 8.28. The summed E-state index contributed by atoms with van der Waals surface area (Å²) >= 11 is 6.16. The van der Waals surface area contributed by atoms with E-state index < -0.39 is 12.1 Å². The smallest absolute Gasteiger partial charge is 0.303 e. The first kappa shape index (κ1) is 28.1. The van der Waals surface area contributed by atoms with Gasteiger partial charge in [0.05, 0.1) is 23.7 Å².